The number of aliphatic hydroxyl groups excluding tert-OH is 2. The van der Waals surface area contributed by atoms with Crippen LogP contribution in [0.2, 0.25) is 0 Å². The van der Waals surface area contributed by atoms with Crippen molar-refractivity contribution < 1.29 is 34.8 Å². The molecule has 32 heavy (non-hydrogen) atoms. The van der Waals surface area contributed by atoms with Gasteiger partial charge in [0.15, 0.2) is 11.4 Å². The SMILES string of the molecule is CNc1cc(N(C)C)c2c(c1O)C(=O)C1=C(O)[C@]3(O)C(=O)C(C(N)=O)=C(O)C[C@@H]3C[C@@H]1C2. The van der Waals surface area contributed by atoms with Gasteiger partial charge in [-0.15, -0.1) is 0 Å². The number of allylic oxidation sites excluding steroid dienone is 2. The smallest absolute Gasteiger partial charge is 0.255 e. The minimum atomic E-state index is -2.56. The number of aromatic hydroxyl groups is 1. The zero-order valence-corrected chi connectivity index (χ0v) is 17.9. The number of nitrogens with one attached hydrogen (secondary N) is 1. The Labute approximate surface area is 183 Å². The van der Waals surface area contributed by atoms with E-state index in [4.69, 9.17) is 5.73 Å². The number of phenols is 1. The Kier molecular flexibility index (Phi) is 4.74. The highest BCUT2D eigenvalue weighted by atomic mass is 16.3. The van der Waals surface area contributed by atoms with Crippen LogP contribution < -0.4 is 16.0 Å². The van der Waals surface area contributed by atoms with E-state index in [1.165, 1.54) is 0 Å². The summed E-state index contributed by atoms with van der Waals surface area (Å²) in [7, 11) is 5.19. The molecular weight excluding hydrogens is 418 g/mol. The molecular formula is C22H25N3O7. The molecule has 10 nitrogen and oxygen atoms in total. The predicted molar refractivity (Wildman–Crippen MR) is 115 cm³/mol. The van der Waals surface area contributed by atoms with Crippen LogP contribution in [0.5, 0.6) is 5.75 Å². The number of Topliss-reactive ketones (excluding diaryl/α,β-unsaturated/α-hetero) is 2. The van der Waals surface area contributed by atoms with Gasteiger partial charge in [0.1, 0.15) is 22.8 Å². The Bertz CT molecular complexity index is 1150. The second-order valence-electron chi connectivity index (χ2n) is 8.70. The van der Waals surface area contributed by atoms with E-state index in [0.29, 0.717) is 16.9 Å². The van der Waals surface area contributed by atoms with Crippen molar-refractivity contribution in [1.29, 1.82) is 0 Å². The van der Waals surface area contributed by atoms with Crippen molar-refractivity contribution in [2.24, 2.45) is 17.6 Å². The number of carbonyl (C=O) groups excluding carboxylic acids is 3. The Morgan fingerprint density at radius 3 is 2.44 bits per heavy atom. The van der Waals surface area contributed by atoms with Crippen LogP contribution in [0.15, 0.2) is 28.7 Å². The van der Waals surface area contributed by atoms with Gasteiger partial charge in [-0.3, -0.25) is 14.4 Å². The predicted octanol–water partition coefficient (Wildman–Crippen LogP) is 0.688. The zero-order chi connectivity index (χ0) is 23.7. The van der Waals surface area contributed by atoms with Crippen molar-refractivity contribution in [2.75, 3.05) is 31.4 Å². The molecule has 4 rings (SSSR count). The number of hydrogen-bond donors (Lipinski definition) is 6. The van der Waals surface area contributed by atoms with Crippen LogP contribution in [-0.2, 0) is 16.0 Å². The second kappa shape index (κ2) is 6.99. The number of ketones is 2. The summed E-state index contributed by atoms with van der Waals surface area (Å²) in [5.74, 6) is -6.37. The number of nitrogens with zero attached hydrogens (tertiary/aromatic N) is 1. The highest BCUT2D eigenvalue weighted by Crippen LogP contribution is 2.53. The van der Waals surface area contributed by atoms with Crippen LogP contribution in [-0.4, -0.2) is 64.6 Å². The molecule has 0 bridgehead atoms. The Morgan fingerprint density at radius 1 is 1.22 bits per heavy atom. The van der Waals surface area contributed by atoms with Crippen molar-refractivity contribution in [3.8, 4) is 5.75 Å². The Balaban J connectivity index is 1.95. The van der Waals surface area contributed by atoms with Crippen LogP contribution in [0.1, 0.15) is 28.8 Å². The molecule has 0 aromatic heterocycles. The van der Waals surface area contributed by atoms with E-state index in [1.807, 2.05) is 0 Å². The van der Waals surface area contributed by atoms with Crippen LogP contribution in [0.3, 0.4) is 0 Å². The number of amides is 1. The van der Waals surface area contributed by atoms with E-state index in [2.05, 4.69) is 5.32 Å². The van der Waals surface area contributed by atoms with Crippen molar-refractivity contribution in [1.82, 2.24) is 0 Å². The average molecular weight is 443 g/mol. The van der Waals surface area contributed by atoms with Crippen LogP contribution in [0, 0.1) is 11.8 Å². The molecule has 3 aliphatic rings. The van der Waals surface area contributed by atoms with E-state index in [0.717, 1.165) is 0 Å². The molecule has 0 spiro atoms. The topological polar surface area (TPSA) is 173 Å². The molecule has 0 saturated carbocycles. The standard InChI is InChI=1S/C22H25N3O7/c1-24-11-7-12(25(2)3)10-5-8-4-9-6-13(26)16(21(23)31)20(30)22(9,32)19(29)14(8)18(28)15(10)17(11)27/h7-9,24,26-27,29,32H,4-6H2,1-3H3,(H2,23,31)/t8-,9+,22+/m1/s1. The summed E-state index contributed by atoms with van der Waals surface area (Å²) in [6.45, 7) is 0. The molecule has 0 heterocycles. The van der Waals surface area contributed by atoms with E-state index in [1.54, 1.807) is 32.1 Å². The first-order chi connectivity index (χ1) is 14.9. The fourth-order valence-electron chi connectivity index (χ4n) is 5.26. The number of nitrogens with two attached hydrogens (primary N) is 1. The minimum absolute atomic E-state index is 0.0165. The number of aliphatic hydroxyl groups is 3. The number of primary amides is 1. The van der Waals surface area contributed by atoms with Crippen molar-refractivity contribution >= 4 is 28.8 Å². The molecule has 0 fully saturated rings. The Hall–Kier alpha value is -3.53. The first-order valence-corrected chi connectivity index (χ1v) is 10.2. The third kappa shape index (κ3) is 2.65. The number of anilines is 2. The van der Waals surface area contributed by atoms with Crippen molar-refractivity contribution in [2.45, 2.75) is 24.9 Å². The van der Waals surface area contributed by atoms with Crippen LogP contribution in [0.4, 0.5) is 11.4 Å². The van der Waals surface area contributed by atoms with Gasteiger partial charge in [-0.2, -0.15) is 0 Å². The van der Waals surface area contributed by atoms with Gasteiger partial charge in [0.25, 0.3) is 5.91 Å². The maximum Gasteiger partial charge on any atom is 0.255 e. The lowest BCUT2D eigenvalue weighted by Gasteiger charge is -2.45. The largest absolute Gasteiger partial charge is 0.511 e. The monoisotopic (exact) mass is 443 g/mol. The highest BCUT2D eigenvalue weighted by molar-refractivity contribution is 6.24. The molecule has 10 heteroatoms. The number of fused-ring (bicyclic) bond motifs is 3. The summed E-state index contributed by atoms with van der Waals surface area (Å²) < 4.78 is 0. The van der Waals surface area contributed by atoms with Crippen molar-refractivity contribution in [3.05, 3.63) is 39.9 Å². The Morgan fingerprint density at radius 2 is 1.88 bits per heavy atom. The third-order valence-electron chi connectivity index (χ3n) is 6.79. The van der Waals surface area contributed by atoms with E-state index in [-0.39, 0.29) is 36.1 Å². The first-order valence-electron chi connectivity index (χ1n) is 10.2. The number of carbonyl (C=O) groups is 3. The van der Waals surface area contributed by atoms with E-state index < -0.39 is 52.0 Å². The molecule has 7 N–H and O–H groups in total. The first kappa shape index (κ1) is 21.7. The summed E-state index contributed by atoms with van der Waals surface area (Å²) in [5.41, 5.74) is 3.26. The van der Waals surface area contributed by atoms with Gasteiger partial charge in [0.05, 0.1) is 11.3 Å². The third-order valence-corrected chi connectivity index (χ3v) is 6.79. The lowest BCUT2D eigenvalue weighted by molar-refractivity contribution is -0.144. The van der Waals surface area contributed by atoms with Crippen LogP contribution >= 0.6 is 0 Å². The normalized spacial score (nSPS) is 27.0. The molecule has 0 aliphatic heterocycles. The number of rotatable bonds is 3. The van der Waals surface area contributed by atoms with Gasteiger partial charge >= 0.3 is 0 Å². The lowest BCUT2D eigenvalue weighted by atomic mass is 9.60. The molecule has 1 aromatic rings. The van der Waals surface area contributed by atoms with E-state index in [9.17, 15) is 34.8 Å². The maximum atomic E-state index is 13.5. The fourth-order valence-corrected chi connectivity index (χ4v) is 5.26. The zero-order valence-electron chi connectivity index (χ0n) is 17.9. The van der Waals surface area contributed by atoms with Gasteiger partial charge in [0, 0.05) is 44.7 Å². The van der Waals surface area contributed by atoms with Crippen LogP contribution in [0.25, 0.3) is 0 Å². The van der Waals surface area contributed by atoms with Gasteiger partial charge in [0.2, 0.25) is 5.78 Å². The molecule has 0 saturated heterocycles. The summed E-state index contributed by atoms with van der Waals surface area (Å²) in [6.07, 6.45) is 0.115. The summed E-state index contributed by atoms with van der Waals surface area (Å²) >= 11 is 0. The molecule has 1 amide bonds. The van der Waals surface area contributed by atoms with Gasteiger partial charge in [-0.05, 0) is 30.4 Å². The summed E-state index contributed by atoms with van der Waals surface area (Å²) in [4.78, 5) is 40.0. The molecule has 0 unspecified atom stereocenters. The summed E-state index contributed by atoms with van der Waals surface area (Å²) in [6, 6.07) is 1.72. The lowest BCUT2D eigenvalue weighted by Crippen LogP contribution is -2.57. The molecule has 1 aromatic carbocycles. The van der Waals surface area contributed by atoms with Gasteiger partial charge in [-0.25, -0.2) is 0 Å². The molecule has 3 aliphatic carbocycles. The second-order valence-corrected chi connectivity index (χ2v) is 8.70. The molecule has 170 valence electrons. The minimum Gasteiger partial charge on any atom is -0.511 e. The maximum absolute atomic E-state index is 13.5. The highest BCUT2D eigenvalue weighted by Gasteiger charge is 2.59. The van der Waals surface area contributed by atoms with Gasteiger partial charge in [-0.1, -0.05) is 0 Å². The quantitative estimate of drug-likeness (QED) is 0.290. The number of benzene rings is 1. The molecule has 0 radical (unpaired) electrons. The van der Waals surface area contributed by atoms with Crippen molar-refractivity contribution in [3.63, 3.8) is 0 Å². The number of phenolic OH excluding ortho intramolecular Hbond substituents is 1. The summed E-state index contributed by atoms with van der Waals surface area (Å²) in [5, 5.41) is 46.0. The number of hydrogen-bond acceptors (Lipinski definition) is 9. The average Bonchev–Trinajstić information content (AvgIpc) is 2.70. The molecule has 3 atom stereocenters. The van der Waals surface area contributed by atoms with E-state index >= 15 is 0 Å². The fraction of sp³-hybridized carbons (Fsp3) is 0.409. The van der Waals surface area contributed by atoms with Gasteiger partial charge < -0.3 is 36.4 Å².